The van der Waals surface area contributed by atoms with Crippen LogP contribution in [0.2, 0.25) is 0 Å². The summed E-state index contributed by atoms with van der Waals surface area (Å²) in [4.78, 5) is 0. The molecule has 0 aliphatic heterocycles. The predicted octanol–water partition coefficient (Wildman–Crippen LogP) is 3.69. The molecule has 0 radical (unpaired) electrons. The van der Waals surface area contributed by atoms with Crippen LogP contribution in [0.15, 0.2) is 36.4 Å². The zero-order valence-corrected chi connectivity index (χ0v) is 14.3. The van der Waals surface area contributed by atoms with Gasteiger partial charge in [0.25, 0.3) is 0 Å². The summed E-state index contributed by atoms with van der Waals surface area (Å²) in [5, 5.41) is 18.8. The van der Waals surface area contributed by atoms with Crippen molar-refractivity contribution in [1.29, 1.82) is 0 Å². The predicted molar refractivity (Wildman–Crippen MR) is 96.9 cm³/mol. The average Bonchev–Trinajstić information content (AvgIpc) is 2.59. The van der Waals surface area contributed by atoms with E-state index in [0.29, 0.717) is 23.5 Å². The summed E-state index contributed by atoms with van der Waals surface area (Å²) in [6, 6.07) is 9.84. The van der Waals surface area contributed by atoms with Crippen LogP contribution in [0.4, 0.5) is 0 Å². The van der Waals surface area contributed by atoms with Gasteiger partial charge in [0.1, 0.15) is 23.0 Å². The van der Waals surface area contributed by atoms with E-state index in [2.05, 4.69) is 23.7 Å². The normalized spacial score (nSPS) is 9.36. The molecule has 0 amide bonds. The van der Waals surface area contributed by atoms with Crippen molar-refractivity contribution in [3.63, 3.8) is 0 Å². The fourth-order valence-electron chi connectivity index (χ4n) is 2.14. The first-order valence-electron chi connectivity index (χ1n) is 7.84. The van der Waals surface area contributed by atoms with Gasteiger partial charge in [0.05, 0.1) is 14.2 Å². The van der Waals surface area contributed by atoms with Gasteiger partial charge in [-0.15, -0.1) is 0 Å². The van der Waals surface area contributed by atoms with Gasteiger partial charge in [0.2, 0.25) is 0 Å². The molecule has 4 heteroatoms. The van der Waals surface area contributed by atoms with Crippen LogP contribution in [-0.2, 0) is 0 Å². The van der Waals surface area contributed by atoms with Crippen molar-refractivity contribution >= 4 is 0 Å². The van der Waals surface area contributed by atoms with E-state index < -0.39 is 0 Å². The van der Waals surface area contributed by atoms with E-state index in [1.165, 1.54) is 18.2 Å². The van der Waals surface area contributed by atoms with Crippen molar-refractivity contribution in [2.75, 3.05) is 14.2 Å². The number of unbranched alkanes of at least 4 members (excludes halogenated alkanes) is 2. The van der Waals surface area contributed by atoms with Crippen LogP contribution in [0.25, 0.3) is 0 Å². The van der Waals surface area contributed by atoms with Crippen LogP contribution in [-0.4, -0.2) is 24.4 Å². The van der Waals surface area contributed by atoms with E-state index >= 15 is 0 Å². The molecular weight excluding hydrogens is 316 g/mol. The minimum Gasteiger partial charge on any atom is -0.508 e. The molecule has 0 atom stereocenters. The molecule has 0 bridgehead atoms. The number of ether oxygens (including phenoxy) is 2. The Balaban J connectivity index is 1.86. The second kappa shape index (κ2) is 9.15. The topological polar surface area (TPSA) is 58.9 Å². The van der Waals surface area contributed by atoms with Crippen LogP contribution >= 0.6 is 0 Å². The lowest BCUT2D eigenvalue weighted by Crippen LogP contribution is -1.88. The van der Waals surface area contributed by atoms with Gasteiger partial charge in [-0.3, -0.25) is 0 Å². The Labute approximate surface area is 148 Å². The van der Waals surface area contributed by atoms with Crippen molar-refractivity contribution in [2.45, 2.75) is 19.3 Å². The van der Waals surface area contributed by atoms with Gasteiger partial charge in [0, 0.05) is 36.1 Å². The lowest BCUT2D eigenvalue weighted by Gasteiger charge is -2.04. The molecule has 0 aliphatic rings. The molecule has 4 nitrogen and oxygen atoms in total. The highest BCUT2D eigenvalue weighted by Crippen LogP contribution is 2.22. The molecule has 2 rings (SSSR count). The van der Waals surface area contributed by atoms with E-state index in [1.54, 1.807) is 20.3 Å². The Morgan fingerprint density at radius 2 is 1.20 bits per heavy atom. The molecule has 2 aromatic rings. The van der Waals surface area contributed by atoms with Crippen LogP contribution < -0.4 is 9.47 Å². The molecule has 0 saturated carbocycles. The van der Waals surface area contributed by atoms with Crippen LogP contribution in [0.5, 0.6) is 23.0 Å². The summed E-state index contributed by atoms with van der Waals surface area (Å²) in [5.74, 6) is 13.6. The number of phenolic OH excluding ortho intramolecular Hbond substituents is 2. The van der Waals surface area contributed by atoms with Gasteiger partial charge in [-0.25, -0.2) is 0 Å². The maximum absolute atomic E-state index is 9.39. The number of phenols is 2. The van der Waals surface area contributed by atoms with Crippen LogP contribution in [0.3, 0.4) is 0 Å². The van der Waals surface area contributed by atoms with Crippen molar-refractivity contribution in [3.05, 3.63) is 47.5 Å². The molecule has 2 N–H and O–H groups in total. The third-order valence-corrected chi connectivity index (χ3v) is 3.32. The summed E-state index contributed by atoms with van der Waals surface area (Å²) < 4.78 is 10.4. The van der Waals surface area contributed by atoms with E-state index in [9.17, 15) is 10.2 Å². The number of benzene rings is 2. The van der Waals surface area contributed by atoms with E-state index in [1.807, 2.05) is 12.1 Å². The first-order valence-corrected chi connectivity index (χ1v) is 7.84. The van der Waals surface area contributed by atoms with Crippen molar-refractivity contribution < 1.29 is 19.7 Å². The summed E-state index contributed by atoms with van der Waals surface area (Å²) in [6.07, 6.45) is 2.25. The van der Waals surface area contributed by atoms with Crippen molar-refractivity contribution in [3.8, 4) is 46.7 Å². The molecule has 0 fully saturated rings. The highest BCUT2D eigenvalue weighted by atomic mass is 16.5. The first-order chi connectivity index (χ1) is 12.1. The molecule has 0 heterocycles. The van der Waals surface area contributed by atoms with Crippen LogP contribution in [0, 0.1) is 23.7 Å². The second-order valence-corrected chi connectivity index (χ2v) is 5.30. The second-order valence-electron chi connectivity index (χ2n) is 5.30. The summed E-state index contributed by atoms with van der Waals surface area (Å²) in [6.45, 7) is 0. The molecule has 0 saturated heterocycles. The third-order valence-electron chi connectivity index (χ3n) is 3.32. The number of hydrogen-bond donors (Lipinski definition) is 2. The largest absolute Gasteiger partial charge is 0.508 e. The smallest absolute Gasteiger partial charge is 0.123 e. The maximum Gasteiger partial charge on any atom is 0.123 e. The summed E-state index contributed by atoms with van der Waals surface area (Å²) in [7, 11) is 3.22. The molecule has 0 aromatic heterocycles. The number of aromatic hydroxyl groups is 2. The molecular formula is C21H20O4. The minimum atomic E-state index is 0.00360. The van der Waals surface area contributed by atoms with Gasteiger partial charge < -0.3 is 19.7 Å². The maximum atomic E-state index is 9.39. The zero-order valence-electron chi connectivity index (χ0n) is 14.3. The Hall–Kier alpha value is -3.24. The Kier molecular flexibility index (Phi) is 6.63. The van der Waals surface area contributed by atoms with Gasteiger partial charge in [0.15, 0.2) is 0 Å². The van der Waals surface area contributed by atoms with Crippen molar-refractivity contribution in [2.24, 2.45) is 0 Å². The van der Waals surface area contributed by atoms with E-state index in [0.717, 1.165) is 18.4 Å². The number of rotatable bonds is 4. The summed E-state index contributed by atoms with van der Waals surface area (Å²) >= 11 is 0. The lowest BCUT2D eigenvalue weighted by atomic mass is 10.1. The number of methoxy groups -OCH3 is 2. The van der Waals surface area contributed by atoms with Gasteiger partial charge in [-0.05, 0) is 30.7 Å². The average molecular weight is 336 g/mol. The number of hydrogen-bond acceptors (Lipinski definition) is 4. The standard InChI is InChI=1S/C21H20O4/c1-24-20-12-17(13-21(15-20)25-2)9-7-5-3-4-6-8-16-10-18(22)14-19(23)11-16/h10-15,22-23H,3-5H2,1-2H3. The lowest BCUT2D eigenvalue weighted by molar-refractivity contribution is 0.394. The molecule has 25 heavy (non-hydrogen) atoms. The highest BCUT2D eigenvalue weighted by Gasteiger charge is 1.99. The monoisotopic (exact) mass is 336 g/mol. The highest BCUT2D eigenvalue weighted by molar-refractivity contribution is 5.46. The Bertz CT molecular complexity index is 805. The SMILES string of the molecule is COc1cc(C#CCCCC#Cc2cc(O)cc(O)c2)cc(OC)c1. The zero-order chi connectivity index (χ0) is 18.1. The molecule has 128 valence electrons. The van der Waals surface area contributed by atoms with Gasteiger partial charge >= 0.3 is 0 Å². The fourth-order valence-corrected chi connectivity index (χ4v) is 2.14. The molecule has 0 aliphatic carbocycles. The Morgan fingerprint density at radius 3 is 1.68 bits per heavy atom. The fraction of sp³-hybridized carbons (Fsp3) is 0.238. The molecule has 0 unspecified atom stereocenters. The van der Waals surface area contributed by atoms with E-state index in [-0.39, 0.29) is 11.5 Å². The van der Waals surface area contributed by atoms with E-state index in [4.69, 9.17) is 9.47 Å². The van der Waals surface area contributed by atoms with Crippen molar-refractivity contribution in [1.82, 2.24) is 0 Å². The molecule has 2 aromatic carbocycles. The molecule has 0 spiro atoms. The summed E-state index contributed by atoms with van der Waals surface area (Å²) in [5.41, 5.74) is 1.43. The van der Waals surface area contributed by atoms with Gasteiger partial charge in [-0.2, -0.15) is 0 Å². The quantitative estimate of drug-likeness (QED) is 0.660. The van der Waals surface area contributed by atoms with Crippen LogP contribution in [0.1, 0.15) is 30.4 Å². The van der Waals surface area contributed by atoms with Gasteiger partial charge in [-0.1, -0.05) is 23.7 Å². The first kappa shape index (κ1) is 18.1. The Morgan fingerprint density at radius 1 is 0.720 bits per heavy atom. The third kappa shape index (κ3) is 6.05. The minimum absolute atomic E-state index is 0.00360.